The number of hydrogen-bond acceptors (Lipinski definition) is 5. The molecule has 0 aromatic heterocycles. The third kappa shape index (κ3) is 2.59. The van der Waals surface area contributed by atoms with Gasteiger partial charge in [-0.2, -0.15) is 5.26 Å². The number of hydrogen-bond donors (Lipinski definition) is 2. The molecule has 3 N–H and O–H groups in total. The van der Waals surface area contributed by atoms with Crippen LogP contribution in [0.15, 0.2) is 18.2 Å². The predicted molar refractivity (Wildman–Crippen MR) is 74.6 cm³/mol. The maximum Gasteiger partial charge on any atom is 0.228 e. The largest absolute Gasteiger partial charge is 0.386 e. The Labute approximate surface area is 117 Å². The third-order valence-corrected chi connectivity index (χ3v) is 4.49. The summed E-state index contributed by atoms with van der Waals surface area (Å²) in [6.07, 6.45) is -0.140. The second kappa shape index (κ2) is 5.11. The van der Waals surface area contributed by atoms with Gasteiger partial charge in [-0.1, -0.05) is 0 Å². The zero-order valence-electron chi connectivity index (χ0n) is 10.8. The van der Waals surface area contributed by atoms with Crippen LogP contribution < -0.4 is 15.4 Å². The van der Waals surface area contributed by atoms with Gasteiger partial charge in [0.15, 0.2) is 0 Å². The fourth-order valence-corrected chi connectivity index (χ4v) is 2.90. The SMILES string of the molecule is CNc1ccc(C#N)cc1N1CC(S(N)(=O)=O)CC1=O. The van der Waals surface area contributed by atoms with Crippen LogP contribution in [0.1, 0.15) is 12.0 Å². The number of nitrogens with two attached hydrogens (primary N) is 1. The van der Waals surface area contributed by atoms with Crippen LogP contribution in [0, 0.1) is 11.3 Å². The van der Waals surface area contributed by atoms with Crippen molar-refractivity contribution in [2.45, 2.75) is 11.7 Å². The van der Waals surface area contributed by atoms with Gasteiger partial charge in [0.1, 0.15) is 5.25 Å². The lowest BCUT2D eigenvalue weighted by atomic mass is 10.1. The Hall–Kier alpha value is -2.11. The molecule has 2 rings (SSSR count). The Kier molecular flexibility index (Phi) is 3.65. The minimum atomic E-state index is -3.76. The van der Waals surface area contributed by atoms with Crippen molar-refractivity contribution < 1.29 is 13.2 Å². The fourth-order valence-electron chi connectivity index (χ4n) is 2.16. The van der Waals surface area contributed by atoms with E-state index in [0.29, 0.717) is 16.9 Å². The normalized spacial score (nSPS) is 18.9. The summed E-state index contributed by atoms with van der Waals surface area (Å²) in [4.78, 5) is 13.3. The molecule has 1 fully saturated rings. The highest BCUT2D eigenvalue weighted by Crippen LogP contribution is 2.31. The number of benzene rings is 1. The zero-order valence-corrected chi connectivity index (χ0v) is 11.6. The van der Waals surface area contributed by atoms with Gasteiger partial charge >= 0.3 is 0 Å². The fraction of sp³-hybridized carbons (Fsp3) is 0.333. The molecule has 1 heterocycles. The molecule has 0 saturated carbocycles. The van der Waals surface area contributed by atoms with Crippen LogP contribution in [0.4, 0.5) is 11.4 Å². The summed E-state index contributed by atoms with van der Waals surface area (Å²) in [5.41, 5.74) is 1.53. The summed E-state index contributed by atoms with van der Waals surface area (Å²) < 4.78 is 22.7. The van der Waals surface area contributed by atoms with E-state index in [1.54, 1.807) is 25.2 Å². The van der Waals surface area contributed by atoms with Gasteiger partial charge in [0, 0.05) is 20.0 Å². The molecule has 1 aromatic carbocycles. The number of primary sulfonamides is 1. The van der Waals surface area contributed by atoms with Gasteiger partial charge in [-0.25, -0.2) is 13.6 Å². The van der Waals surface area contributed by atoms with E-state index in [4.69, 9.17) is 10.4 Å². The van der Waals surface area contributed by atoms with Crippen LogP contribution in [0.5, 0.6) is 0 Å². The van der Waals surface area contributed by atoms with Crippen LogP contribution in [0.3, 0.4) is 0 Å². The molecule has 20 heavy (non-hydrogen) atoms. The molecule has 1 atom stereocenters. The van der Waals surface area contributed by atoms with E-state index in [1.165, 1.54) is 4.90 Å². The van der Waals surface area contributed by atoms with Crippen LogP contribution >= 0.6 is 0 Å². The first-order chi connectivity index (χ1) is 9.36. The van der Waals surface area contributed by atoms with E-state index in [2.05, 4.69) is 5.32 Å². The van der Waals surface area contributed by atoms with E-state index < -0.39 is 15.3 Å². The summed E-state index contributed by atoms with van der Waals surface area (Å²) in [5.74, 6) is -0.324. The number of rotatable bonds is 3. The van der Waals surface area contributed by atoms with Crippen LogP contribution in [0.2, 0.25) is 0 Å². The Balaban J connectivity index is 2.42. The molecule has 1 saturated heterocycles. The van der Waals surface area contributed by atoms with Gasteiger partial charge in [-0.15, -0.1) is 0 Å². The average molecular weight is 294 g/mol. The summed E-state index contributed by atoms with van der Waals surface area (Å²) in [7, 11) is -2.08. The Bertz CT molecular complexity index is 693. The highest BCUT2D eigenvalue weighted by Gasteiger charge is 2.37. The van der Waals surface area contributed by atoms with Crippen molar-refractivity contribution in [1.29, 1.82) is 5.26 Å². The highest BCUT2D eigenvalue weighted by molar-refractivity contribution is 7.89. The second-order valence-electron chi connectivity index (χ2n) is 4.51. The monoisotopic (exact) mass is 294 g/mol. The molecule has 0 aliphatic carbocycles. The van der Waals surface area contributed by atoms with Crippen molar-refractivity contribution >= 4 is 27.3 Å². The van der Waals surface area contributed by atoms with Gasteiger partial charge < -0.3 is 10.2 Å². The topological polar surface area (TPSA) is 116 Å². The van der Waals surface area contributed by atoms with Gasteiger partial charge in [-0.05, 0) is 18.2 Å². The summed E-state index contributed by atoms with van der Waals surface area (Å²) in [5, 5.41) is 16.0. The lowest BCUT2D eigenvalue weighted by Crippen LogP contribution is -2.32. The van der Waals surface area contributed by atoms with Crippen molar-refractivity contribution in [3.8, 4) is 6.07 Å². The first-order valence-corrected chi connectivity index (χ1v) is 7.51. The van der Waals surface area contributed by atoms with E-state index >= 15 is 0 Å². The molecule has 1 amide bonds. The minimum Gasteiger partial charge on any atom is -0.386 e. The zero-order chi connectivity index (χ0) is 14.9. The van der Waals surface area contributed by atoms with E-state index in [-0.39, 0.29) is 18.9 Å². The summed E-state index contributed by atoms with van der Waals surface area (Å²) in [6.45, 7) is 0.00122. The van der Waals surface area contributed by atoms with Crippen molar-refractivity contribution in [2.75, 3.05) is 23.8 Å². The molecule has 1 aromatic rings. The molecule has 0 bridgehead atoms. The number of anilines is 2. The van der Waals surface area contributed by atoms with Crippen molar-refractivity contribution in [3.05, 3.63) is 23.8 Å². The molecular formula is C12H14N4O3S. The number of sulfonamides is 1. The maximum atomic E-state index is 12.0. The van der Waals surface area contributed by atoms with E-state index in [0.717, 1.165) is 0 Å². The number of carbonyl (C=O) groups is 1. The molecule has 0 spiro atoms. The number of carbonyl (C=O) groups excluding carboxylic acids is 1. The van der Waals surface area contributed by atoms with Gasteiger partial charge in [-0.3, -0.25) is 4.79 Å². The molecule has 106 valence electrons. The van der Waals surface area contributed by atoms with E-state index in [1.807, 2.05) is 6.07 Å². The number of nitrogens with one attached hydrogen (secondary N) is 1. The molecule has 0 radical (unpaired) electrons. The second-order valence-corrected chi connectivity index (χ2v) is 6.36. The Morgan fingerprint density at radius 2 is 2.20 bits per heavy atom. The van der Waals surface area contributed by atoms with Crippen molar-refractivity contribution in [1.82, 2.24) is 0 Å². The number of nitriles is 1. The highest BCUT2D eigenvalue weighted by atomic mass is 32.2. The third-order valence-electron chi connectivity index (χ3n) is 3.24. The smallest absolute Gasteiger partial charge is 0.228 e. The molecular weight excluding hydrogens is 280 g/mol. The van der Waals surface area contributed by atoms with Crippen LogP contribution in [0.25, 0.3) is 0 Å². The number of amides is 1. The van der Waals surface area contributed by atoms with Gasteiger partial charge in [0.2, 0.25) is 15.9 Å². The molecule has 7 nitrogen and oxygen atoms in total. The Morgan fingerprint density at radius 1 is 1.50 bits per heavy atom. The quantitative estimate of drug-likeness (QED) is 0.813. The lowest BCUT2D eigenvalue weighted by molar-refractivity contribution is -0.117. The van der Waals surface area contributed by atoms with Crippen LogP contribution in [-0.4, -0.2) is 33.2 Å². The standard InChI is InChI=1S/C12H14N4O3S/c1-15-10-3-2-8(6-13)4-11(10)16-7-9(5-12(16)17)20(14,18)19/h2-4,9,15H,5,7H2,1H3,(H2,14,18,19). The van der Waals surface area contributed by atoms with Gasteiger partial charge in [0.05, 0.1) is 23.0 Å². The molecule has 1 aliphatic rings. The minimum absolute atomic E-state index is 0.00122. The summed E-state index contributed by atoms with van der Waals surface area (Å²) in [6, 6.07) is 6.83. The van der Waals surface area contributed by atoms with E-state index in [9.17, 15) is 13.2 Å². The predicted octanol–water partition coefficient (Wildman–Crippen LogP) is -0.00622. The first-order valence-electron chi connectivity index (χ1n) is 5.90. The first kappa shape index (κ1) is 14.3. The summed E-state index contributed by atoms with van der Waals surface area (Å²) >= 11 is 0. The van der Waals surface area contributed by atoms with Crippen LogP contribution in [-0.2, 0) is 14.8 Å². The van der Waals surface area contributed by atoms with Gasteiger partial charge in [0.25, 0.3) is 0 Å². The molecule has 1 unspecified atom stereocenters. The molecule has 1 aliphatic heterocycles. The number of nitrogens with zero attached hydrogens (tertiary/aromatic N) is 2. The maximum absolute atomic E-state index is 12.0. The average Bonchev–Trinajstić information content (AvgIpc) is 2.80. The molecule has 8 heteroatoms. The van der Waals surface area contributed by atoms with Crippen molar-refractivity contribution in [3.63, 3.8) is 0 Å². The lowest BCUT2D eigenvalue weighted by Gasteiger charge is -2.20. The Morgan fingerprint density at radius 3 is 2.70 bits per heavy atom. The van der Waals surface area contributed by atoms with Crippen molar-refractivity contribution in [2.24, 2.45) is 5.14 Å².